The SMILES string of the molecule is CC.CC.CCC(C)(C)C1C2=C(C=CCC=C2)c2ccccc21. The van der Waals surface area contributed by atoms with E-state index in [0.717, 1.165) is 6.42 Å². The van der Waals surface area contributed by atoms with Gasteiger partial charge >= 0.3 is 0 Å². The van der Waals surface area contributed by atoms with Gasteiger partial charge in [-0.15, -0.1) is 0 Å². The summed E-state index contributed by atoms with van der Waals surface area (Å²) in [6.45, 7) is 15.1. The molecule has 126 valence electrons. The minimum Gasteiger partial charge on any atom is -0.0804 e. The number of hydrogen-bond donors (Lipinski definition) is 0. The molecular formula is C23H34. The predicted molar refractivity (Wildman–Crippen MR) is 106 cm³/mol. The zero-order valence-electron chi connectivity index (χ0n) is 16.1. The van der Waals surface area contributed by atoms with Crippen LogP contribution < -0.4 is 0 Å². The molecule has 0 spiro atoms. The van der Waals surface area contributed by atoms with Gasteiger partial charge in [-0.25, -0.2) is 0 Å². The molecular weight excluding hydrogens is 276 g/mol. The average molecular weight is 311 g/mol. The number of hydrogen-bond acceptors (Lipinski definition) is 0. The summed E-state index contributed by atoms with van der Waals surface area (Å²) in [4.78, 5) is 0. The molecule has 1 aromatic carbocycles. The quantitative estimate of drug-likeness (QED) is 0.529. The van der Waals surface area contributed by atoms with E-state index >= 15 is 0 Å². The van der Waals surface area contributed by atoms with E-state index < -0.39 is 0 Å². The molecule has 0 saturated carbocycles. The molecule has 2 aliphatic rings. The largest absolute Gasteiger partial charge is 0.0804 e. The predicted octanol–water partition coefficient (Wildman–Crippen LogP) is 7.54. The first-order chi connectivity index (χ1) is 11.1. The van der Waals surface area contributed by atoms with Gasteiger partial charge in [0.1, 0.15) is 0 Å². The Balaban J connectivity index is 0.000000615. The lowest BCUT2D eigenvalue weighted by atomic mass is 9.71. The van der Waals surface area contributed by atoms with Crippen molar-refractivity contribution in [1.29, 1.82) is 0 Å². The van der Waals surface area contributed by atoms with E-state index in [9.17, 15) is 0 Å². The van der Waals surface area contributed by atoms with Crippen molar-refractivity contribution < 1.29 is 0 Å². The molecule has 0 fully saturated rings. The number of allylic oxidation sites excluding steroid dienone is 6. The maximum absolute atomic E-state index is 2.40. The van der Waals surface area contributed by atoms with Gasteiger partial charge in [-0.1, -0.05) is 103 Å². The fraction of sp³-hybridized carbons (Fsp3) is 0.478. The van der Waals surface area contributed by atoms with E-state index in [0.29, 0.717) is 11.3 Å². The Kier molecular flexibility index (Phi) is 7.55. The van der Waals surface area contributed by atoms with Crippen LogP contribution in [0.2, 0.25) is 0 Å². The van der Waals surface area contributed by atoms with Crippen molar-refractivity contribution in [3.05, 3.63) is 65.3 Å². The van der Waals surface area contributed by atoms with E-state index in [2.05, 4.69) is 69.3 Å². The van der Waals surface area contributed by atoms with Gasteiger partial charge < -0.3 is 0 Å². The van der Waals surface area contributed by atoms with Gasteiger partial charge in [0.25, 0.3) is 0 Å². The lowest BCUT2D eigenvalue weighted by Crippen LogP contribution is -2.21. The highest BCUT2D eigenvalue weighted by Crippen LogP contribution is 2.53. The van der Waals surface area contributed by atoms with Gasteiger partial charge in [0.15, 0.2) is 0 Å². The van der Waals surface area contributed by atoms with Crippen molar-refractivity contribution in [2.75, 3.05) is 0 Å². The first kappa shape index (κ1) is 19.5. The van der Waals surface area contributed by atoms with Crippen LogP contribution >= 0.6 is 0 Å². The van der Waals surface area contributed by atoms with Gasteiger partial charge in [0.2, 0.25) is 0 Å². The van der Waals surface area contributed by atoms with Crippen LogP contribution in [0.1, 0.15) is 78.4 Å². The monoisotopic (exact) mass is 310 g/mol. The Labute approximate surface area is 144 Å². The van der Waals surface area contributed by atoms with Gasteiger partial charge in [-0.2, -0.15) is 0 Å². The van der Waals surface area contributed by atoms with E-state index in [-0.39, 0.29) is 0 Å². The van der Waals surface area contributed by atoms with Crippen molar-refractivity contribution in [3.8, 4) is 0 Å². The van der Waals surface area contributed by atoms with Crippen LogP contribution in [0.4, 0.5) is 0 Å². The normalized spacial score (nSPS) is 18.1. The first-order valence-electron chi connectivity index (χ1n) is 9.31. The molecule has 0 saturated heterocycles. The van der Waals surface area contributed by atoms with Crippen LogP contribution in [-0.4, -0.2) is 0 Å². The van der Waals surface area contributed by atoms with Gasteiger partial charge in [-0.05, 0) is 34.1 Å². The van der Waals surface area contributed by atoms with Crippen molar-refractivity contribution in [1.82, 2.24) is 0 Å². The fourth-order valence-electron chi connectivity index (χ4n) is 3.35. The topological polar surface area (TPSA) is 0 Å². The van der Waals surface area contributed by atoms with Crippen molar-refractivity contribution in [3.63, 3.8) is 0 Å². The van der Waals surface area contributed by atoms with Crippen molar-refractivity contribution in [2.45, 2.75) is 67.2 Å². The zero-order valence-corrected chi connectivity index (χ0v) is 16.1. The summed E-state index contributed by atoms with van der Waals surface area (Å²) in [5.74, 6) is 0.530. The minimum absolute atomic E-state index is 0.301. The van der Waals surface area contributed by atoms with Crippen LogP contribution in [0, 0.1) is 5.41 Å². The Morgan fingerprint density at radius 1 is 0.957 bits per heavy atom. The summed E-state index contributed by atoms with van der Waals surface area (Å²) in [7, 11) is 0. The maximum atomic E-state index is 2.40. The molecule has 3 rings (SSSR count). The van der Waals surface area contributed by atoms with Crippen LogP contribution in [0.3, 0.4) is 0 Å². The lowest BCUT2D eigenvalue weighted by molar-refractivity contribution is 0.307. The second-order valence-corrected chi connectivity index (χ2v) is 6.27. The highest BCUT2D eigenvalue weighted by Gasteiger charge is 2.38. The number of benzene rings is 1. The lowest BCUT2D eigenvalue weighted by Gasteiger charge is -2.33. The molecule has 0 bridgehead atoms. The fourth-order valence-corrected chi connectivity index (χ4v) is 3.35. The van der Waals surface area contributed by atoms with Gasteiger partial charge in [-0.3, -0.25) is 0 Å². The summed E-state index contributed by atoms with van der Waals surface area (Å²) in [5, 5.41) is 0. The highest BCUT2D eigenvalue weighted by atomic mass is 14.4. The Morgan fingerprint density at radius 2 is 1.57 bits per heavy atom. The second-order valence-electron chi connectivity index (χ2n) is 6.27. The molecule has 2 aliphatic carbocycles. The summed E-state index contributed by atoms with van der Waals surface area (Å²) in [6.07, 6.45) is 11.5. The second kappa shape index (κ2) is 8.91. The summed E-state index contributed by atoms with van der Waals surface area (Å²) < 4.78 is 0. The van der Waals surface area contributed by atoms with Crippen molar-refractivity contribution >= 4 is 5.57 Å². The highest BCUT2D eigenvalue weighted by molar-refractivity contribution is 5.87. The smallest absolute Gasteiger partial charge is 0.0153 e. The molecule has 23 heavy (non-hydrogen) atoms. The number of rotatable bonds is 2. The molecule has 0 nitrogen and oxygen atoms in total. The van der Waals surface area contributed by atoms with E-state index in [1.165, 1.54) is 28.7 Å². The van der Waals surface area contributed by atoms with E-state index in [4.69, 9.17) is 0 Å². The van der Waals surface area contributed by atoms with Gasteiger partial charge in [0.05, 0.1) is 0 Å². The molecule has 0 heterocycles. The zero-order chi connectivity index (χ0) is 17.5. The van der Waals surface area contributed by atoms with Crippen molar-refractivity contribution in [2.24, 2.45) is 5.41 Å². The van der Waals surface area contributed by atoms with Gasteiger partial charge in [0, 0.05) is 5.92 Å². The third-order valence-corrected chi connectivity index (χ3v) is 4.73. The molecule has 0 aromatic heterocycles. The van der Waals surface area contributed by atoms with Crippen LogP contribution in [0.5, 0.6) is 0 Å². The first-order valence-corrected chi connectivity index (χ1v) is 9.31. The molecule has 1 atom stereocenters. The minimum atomic E-state index is 0.301. The molecule has 0 amide bonds. The Morgan fingerprint density at radius 3 is 2.22 bits per heavy atom. The molecule has 1 aromatic rings. The van der Waals surface area contributed by atoms with Crippen LogP contribution in [0.15, 0.2) is 54.1 Å². The summed E-state index contributed by atoms with van der Waals surface area (Å²) in [6, 6.07) is 8.93. The Bertz CT molecular complexity index is 582. The van der Waals surface area contributed by atoms with Crippen LogP contribution in [0.25, 0.3) is 5.57 Å². The summed E-state index contributed by atoms with van der Waals surface area (Å²) in [5.41, 5.74) is 6.20. The molecule has 0 aliphatic heterocycles. The third kappa shape index (κ3) is 3.86. The summed E-state index contributed by atoms with van der Waals surface area (Å²) >= 11 is 0. The molecule has 0 N–H and O–H groups in total. The van der Waals surface area contributed by atoms with E-state index in [1.54, 1.807) is 0 Å². The Hall–Kier alpha value is -1.56. The standard InChI is InChI=1S/C19H22.2C2H6/c1-4-19(2,3)18-16-12-7-5-6-10-14(16)15-11-8-9-13-17(15)18;2*1-2/h6-13,18H,4-5H2,1-3H3;2*1-2H3. The van der Waals surface area contributed by atoms with E-state index in [1.807, 2.05) is 27.7 Å². The average Bonchev–Trinajstić information content (AvgIpc) is 2.75. The molecule has 0 heteroatoms. The molecule has 1 unspecified atom stereocenters. The third-order valence-electron chi connectivity index (χ3n) is 4.73. The molecule has 0 radical (unpaired) electrons. The van der Waals surface area contributed by atoms with Crippen LogP contribution in [-0.2, 0) is 0 Å². The number of fused-ring (bicyclic) bond motifs is 2. The maximum Gasteiger partial charge on any atom is 0.0153 e.